The third-order valence-corrected chi connectivity index (χ3v) is 2.09. The standard InChI is InChI=1S/C9H12N4O/c1-9(2,3)13-5-10-6-4-11-12-7(6)8(13)14/h4-5H,1-3H3,(H,11,12). The van der Waals surface area contributed by atoms with Crippen LogP contribution >= 0.6 is 0 Å². The van der Waals surface area contributed by atoms with Gasteiger partial charge in [0.05, 0.1) is 12.5 Å². The number of aromatic nitrogens is 4. The van der Waals surface area contributed by atoms with E-state index in [0.29, 0.717) is 11.0 Å². The number of hydrogen-bond acceptors (Lipinski definition) is 3. The van der Waals surface area contributed by atoms with E-state index in [2.05, 4.69) is 15.2 Å². The molecule has 74 valence electrons. The van der Waals surface area contributed by atoms with Gasteiger partial charge in [-0.2, -0.15) is 5.10 Å². The van der Waals surface area contributed by atoms with Crippen LogP contribution in [-0.2, 0) is 5.54 Å². The zero-order chi connectivity index (χ0) is 10.3. The number of fused-ring (bicyclic) bond motifs is 1. The number of hydrogen-bond donors (Lipinski definition) is 1. The van der Waals surface area contributed by atoms with Gasteiger partial charge in [-0.05, 0) is 20.8 Å². The lowest BCUT2D eigenvalue weighted by Crippen LogP contribution is -2.33. The summed E-state index contributed by atoms with van der Waals surface area (Å²) in [7, 11) is 0. The van der Waals surface area contributed by atoms with Crippen LogP contribution in [0.15, 0.2) is 17.3 Å². The minimum Gasteiger partial charge on any atom is -0.292 e. The molecule has 0 spiro atoms. The van der Waals surface area contributed by atoms with Gasteiger partial charge in [0.15, 0.2) is 0 Å². The zero-order valence-corrected chi connectivity index (χ0v) is 8.40. The Kier molecular flexibility index (Phi) is 1.70. The first-order valence-corrected chi connectivity index (χ1v) is 4.41. The van der Waals surface area contributed by atoms with Gasteiger partial charge in [-0.15, -0.1) is 0 Å². The molecule has 0 fully saturated rings. The molecule has 5 nitrogen and oxygen atoms in total. The fourth-order valence-electron chi connectivity index (χ4n) is 1.31. The van der Waals surface area contributed by atoms with E-state index >= 15 is 0 Å². The molecule has 0 aliphatic heterocycles. The summed E-state index contributed by atoms with van der Waals surface area (Å²) in [5.74, 6) is 0. The Balaban J connectivity index is 2.81. The van der Waals surface area contributed by atoms with E-state index in [0.717, 1.165) is 0 Å². The molecule has 0 bridgehead atoms. The summed E-state index contributed by atoms with van der Waals surface area (Å²) in [5, 5.41) is 6.44. The molecule has 0 aromatic carbocycles. The number of aromatic amines is 1. The van der Waals surface area contributed by atoms with Crippen LogP contribution in [0.1, 0.15) is 20.8 Å². The van der Waals surface area contributed by atoms with Gasteiger partial charge in [-0.3, -0.25) is 14.5 Å². The molecule has 5 heteroatoms. The lowest BCUT2D eigenvalue weighted by Gasteiger charge is -2.21. The second-order valence-corrected chi connectivity index (χ2v) is 4.22. The minimum atomic E-state index is -0.261. The van der Waals surface area contributed by atoms with Crippen LogP contribution in [0, 0.1) is 0 Å². The summed E-state index contributed by atoms with van der Waals surface area (Å²) < 4.78 is 1.59. The molecule has 0 unspecified atom stereocenters. The Hall–Kier alpha value is -1.65. The van der Waals surface area contributed by atoms with Gasteiger partial charge < -0.3 is 0 Å². The molecule has 0 saturated heterocycles. The van der Waals surface area contributed by atoms with E-state index in [4.69, 9.17) is 0 Å². The van der Waals surface area contributed by atoms with Gasteiger partial charge in [0, 0.05) is 5.54 Å². The van der Waals surface area contributed by atoms with Crippen LogP contribution in [-0.4, -0.2) is 19.7 Å². The SMILES string of the molecule is CC(C)(C)n1cnc2cn[nH]c2c1=O. The van der Waals surface area contributed by atoms with E-state index in [1.807, 2.05) is 20.8 Å². The lowest BCUT2D eigenvalue weighted by atomic mass is 10.1. The molecule has 0 atom stereocenters. The first kappa shape index (κ1) is 8.93. The van der Waals surface area contributed by atoms with Crippen molar-refractivity contribution in [2.24, 2.45) is 0 Å². The molecule has 2 aromatic heterocycles. The Morgan fingerprint density at radius 1 is 1.43 bits per heavy atom. The maximum absolute atomic E-state index is 11.9. The van der Waals surface area contributed by atoms with Crippen molar-refractivity contribution in [3.8, 4) is 0 Å². The smallest absolute Gasteiger partial charge is 0.279 e. The highest BCUT2D eigenvalue weighted by molar-refractivity contribution is 5.71. The molecular weight excluding hydrogens is 180 g/mol. The van der Waals surface area contributed by atoms with Crippen LogP contribution in [0.2, 0.25) is 0 Å². The highest BCUT2D eigenvalue weighted by Gasteiger charge is 2.16. The second-order valence-electron chi connectivity index (χ2n) is 4.22. The zero-order valence-electron chi connectivity index (χ0n) is 8.40. The predicted molar refractivity (Wildman–Crippen MR) is 53.1 cm³/mol. The van der Waals surface area contributed by atoms with Crippen molar-refractivity contribution in [1.82, 2.24) is 19.7 Å². The number of nitrogens with zero attached hydrogens (tertiary/aromatic N) is 3. The summed E-state index contributed by atoms with van der Waals surface area (Å²) >= 11 is 0. The summed E-state index contributed by atoms with van der Waals surface area (Å²) in [4.78, 5) is 16.0. The summed E-state index contributed by atoms with van der Waals surface area (Å²) in [6, 6.07) is 0. The molecule has 0 aliphatic carbocycles. The molecular formula is C9H12N4O. The maximum atomic E-state index is 11.9. The molecule has 2 rings (SSSR count). The number of nitrogens with one attached hydrogen (secondary N) is 1. The van der Waals surface area contributed by atoms with Crippen molar-refractivity contribution in [1.29, 1.82) is 0 Å². The van der Waals surface area contributed by atoms with Gasteiger partial charge >= 0.3 is 0 Å². The van der Waals surface area contributed by atoms with Crippen molar-refractivity contribution in [3.05, 3.63) is 22.9 Å². The normalized spacial score (nSPS) is 12.2. The molecule has 14 heavy (non-hydrogen) atoms. The molecule has 1 N–H and O–H groups in total. The van der Waals surface area contributed by atoms with Crippen LogP contribution in [0.5, 0.6) is 0 Å². The molecule has 0 radical (unpaired) electrons. The summed E-state index contributed by atoms with van der Waals surface area (Å²) in [6.07, 6.45) is 3.10. The topological polar surface area (TPSA) is 63.6 Å². The third kappa shape index (κ3) is 1.21. The van der Waals surface area contributed by atoms with Crippen LogP contribution in [0.3, 0.4) is 0 Å². The largest absolute Gasteiger partial charge is 0.292 e. The highest BCUT2D eigenvalue weighted by Crippen LogP contribution is 2.11. The van der Waals surface area contributed by atoms with Crippen LogP contribution in [0.25, 0.3) is 11.0 Å². The minimum absolute atomic E-state index is 0.0833. The van der Waals surface area contributed by atoms with E-state index in [9.17, 15) is 4.79 Å². The quantitative estimate of drug-likeness (QED) is 0.673. The van der Waals surface area contributed by atoms with Crippen molar-refractivity contribution < 1.29 is 0 Å². The highest BCUT2D eigenvalue weighted by atomic mass is 16.1. The molecule has 2 aromatic rings. The summed E-state index contributed by atoms with van der Waals surface area (Å²) in [6.45, 7) is 5.87. The second kappa shape index (κ2) is 2.67. The predicted octanol–water partition coefficient (Wildman–Crippen LogP) is 0.875. The van der Waals surface area contributed by atoms with E-state index in [-0.39, 0.29) is 11.1 Å². The third-order valence-electron chi connectivity index (χ3n) is 2.09. The van der Waals surface area contributed by atoms with Gasteiger partial charge in [0.2, 0.25) is 0 Å². The van der Waals surface area contributed by atoms with Crippen molar-refractivity contribution in [2.75, 3.05) is 0 Å². The number of rotatable bonds is 0. The van der Waals surface area contributed by atoms with Gasteiger partial charge in [-0.25, -0.2) is 4.98 Å². The number of H-pyrrole nitrogens is 1. The van der Waals surface area contributed by atoms with Gasteiger partial charge in [0.25, 0.3) is 5.56 Å². The first-order chi connectivity index (χ1) is 6.50. The van der Waals surface area contributed by atoms with Crippen LogP contribution < -0.4 is 5.56 Å². The molecule has 0 amide bonds. The summed E-state index contributed by atoms with van der Waals surface area (Å²) in [5.41, 5.74) is 0.724. The fraction of sp³-hybridized carbons (Fsp3) is 0.444. The van der Waals surface area contributed by atoms with E-state index in [1.165, 1.54) is 0 Å². The Bertz CT molecular complexity index is 517. The molecule has 2 heterocycles. The Morgan fingerprint density at radius 3 is 2.79 bits per heavy atom. The van der Waals surface area contributed by atoms with Gasteiger partial charge in [-0.1, -0.05) is 0 Å². The van der Waals surface area contributed by atoms with Crippen molar-refractivity contribution >= 4 is 11.0 Å². The Morgan fingerprint density at radius 2 is 2.14 bits per heavy atom. The van der Waals surface area contributed by atoms with Crippen LogP contribution in [0.4, 0.5) is 0 Å². The van der Waals surface area contributed by atoms with Gasteiger partial charge in [0.1, 0.15) is 11.0 Å². The maximum Gasteiger partial charge on any atom is 0.279 e. The van der Waals surface area contributed by atoms with E-state index in [1.54, 1.807) is 17.1 Å². The fourth-order valence-corrected chi connectivity index (χ4v) is 1.31. The Labute approximate surface area is 80.8 Å². The first-order valence-electron chi connectivity index (χ1n) is 4.41. The lowest BCUT2D eigenvalue weighted by molar-refractivity contribution is 0.381. The average molecular weight is 192 g/mol. The van der Waals surface area contributed by atoms with Crippen molar-refractivity contribution in [3.63, 3.8) is 0 Å². The molecule has 0 aliphatic rings. The molecule has 0 saturated carbocycles. The van der Waals surface area contributed by atoms with Crippen molar-refractivity contribution in [2.45, 2.75) is 26.3 Å². The average Bonchev–Trinajstić information content (AvgIpc) is 2.50. The monoisotopic (exact) mass is 192 g/mol. The van der Waals surface area contributed by atoms with E-state index < -0.39 is 0 Å².